The van der Waals surface area contributed by atoms with Gasteiger partial charge in [-0.15, -0.1) is 0 Å². The Morgan fingerprint density at radius 2 is 1.68 bits per heavy atom. The maximum Gasteiger partial charge on any atom is 0.192 e. The van der Waals surface area contributed by atoms with Gasteiger partial charge in [-0.05, 0) is 68.5 Å². The van der Waals surface area contributed by atoms with E-state index in [1.807, 2.05) is 6.92 Å². The molecule has 2 N–H and O–H groups in total. The number of aliphatic hydroxyl groups is 2. The van der Waals surface area contributed by atoms with Crippen molar-refractivity contribution >= 4 is 8.32 Å². The van der Waals surface area contributed by atoms with Crippen LogP contribution in [0.5, 0.6) is 0 Å². The summed E-state index contributed by atoms with van der Waals surface area (Å²) >= 11 is 0. The summed E-state index contributed by atoms with van der Waals surface area (Å²) in [5.41, 5.74) is -0.695. The van der Waals surface area contributed by atoms with Gasteiger partial charge in [-0.3, -0.25) is 0 Å². The number of fused-ring (bicyclic) bond motifs is 1. The fourth-order valence-electron chi connectivity index (χ4n) is 4.31. The molecule has 5 atom stereocenters. The Bertz CT molecular complexity index is 413. The predicted octanol–water partition coefficient (Wildman–Crippen LogP) is 4.09. The molecule has 0 bridgehead atoms. The van der Waals surface area contributed by atoms with Crippen LogP contribution < -0.4 is 0 Å². The second-order valence-corrected chi connectivity index (χ2v) is 14.5. The Hall–Kier alpha value is 0.0969. The topological polar surface area (TPSA) is 49.7 Å². The Kier molecular flexibility index (Phi) is 4.67. The van der Waals surface area contributed by atoms with Crippen LogP contribution in [0.25, 0.3) is 0 Å². The third kappa shape index (κ3) is 3.17. The molecule has 22 heavy (non-hydrogen) atoms. The van der Waals surface area contributed by atoms with E-state index in [4.69, 9.17) is 4.43 Å². The summed E-state index contributed by atoms with van der Waals surface area (Å²) in [7, 11) is -1.82. The molecule has 2 saturated carbocycles. The van der Waals surface area contributed by atoms with Crippen molar-refractivity contribution in [3.8, 4) is 0 Å². The Labute approximate surface area is 137 Å². The van der Waals surface area contributed by atoms with Crippen LogP contribution in [0.1, 0.15) is 66.7 Å². The zero-order chi connectivity index (χ0) is 17.0. The number of hydrogen-bond donors (Lipinski definition) is 2. The Morgan fingerprint density at radius 3 is 2.23 bits per heavy atom. The third-order valence-corrected chi connectivity index (χ3v) is 11.4. The zero-order valence-electron chi connectivity index (χ0n) is 15.6. The van der Waals surface area contributed by atoms with E-state index >= 15 is 0 Å². The van der Waals surface area contributed by atoms with Gasteiger partial charge in [0.05, 0.1) is 17.8 Å². The second-order valence-electron chi connectivity index (χ2n) is 9.75. The lowest BCUT2D eigenvalue weighted by atomic mass is 9.53. The van der Waals surface area contributed by atoms with E-state index < -0.39 is 13.9 Å². The quantitative estimate of drug-likeness (QED) is 0.751. The van der Waals surface area contributed by atoms with Crippen LogP contribution in [0.2, 0.25) is 18.1 Å². The minimum atomic E-state index is -1.82. The van der Waals surface area contributed by atoms with Gasteiger partial charge in [0.15, 0.2) is 8.32 Å². The van der Waals surface area contributed by atoms with Gasteiger partial charge in [0.1, 0.15) is 0 Å². The van der Waals surface area contributed by atoms with Gasteiger partial charge >= 0.3 is 0 Å². The summed E-state index contributed by atoms with van der Waals surface area (Å²) in [5.74, 6) is 0.132. The van der Waals surface area contributed by atoms with Crippen LogP contribution in [0.3, 0.4) is 0 Å². The average Bonchev–Trinajstić information content (AvgIpc) is 2.34. The minimum Gasteiger partial charge on any atom is -0.413 e. The molecule has 0 saturated heterocycles. The molecule has 0 aromatic heterocycles. The molecule has 0 heterocycles. The molecule has 2 aliphatic rings. The number of rotatable bonds is 2. The molecule has 2 aliphatic carbocycles. The highest BCUT2D eigenvalue weighted by atomic mass is 28.4. The summed E-state index contributed by atoms with van der Waals surface area (Å²) in [6.45, 7) is 15.7. The first-order valence-electron chi connectivity index (χ1n) is 8.88. The summed E-state index contributed by atoms with van der Waals surface area (Å²) in [6.07, 6.45) is 4.15. The van der Waals surface area contributed by atoms with Gasteiger partial charge in [0.25, 0.3) is 0 Å². The maximum absolute atomic E-state index is 10.9. The van der Waals surface area contributed by atoms with Crippen molar-refractivity contribution in [3.63, 3.8) is 0 Å². The molecule has 0 aromatic rings. The molecule has 0 spiro atoms. The van der Waals surface area contributed by atoms with Crippen molar-refractivity contribution in [2.24, 2.45) is 11.3 Å². The van der Waals surface area contributed by atoms with Gasteiger partial charge in [-0.25, -0.2) is 0 Å². The fourth-order valence-corrected chi connectivity index (χ4v) is 5.77. The van der Waals surface area contributed by atoms with Crippen molar-refractivity contribution in [1.29, 1.82) is 0 Å². The van der Waals surface area contributed by atoms with Gasteiger partial charge in [-0.2, -0.15) is 0 Å². The zero-order valence-corrected chi connectivity index (χ0v) is 16.6. The highest BCUT2D eigenvalue weighted by molar-refractivity contribution is 6.74. The van der Waals surface area contributed by atoms with Crippen LogP contribution in [0, 0.1) is 11.3 Å². The largest absolute Gasteiger partial charge is 0.413 e. The summed E-state index contributed by atoms with van der Waals surface area (Å²) in [5, 5.41) is 21.2. The first-order chi connectivity index (χ1) is 9.80. The SMILES string of the molecule is CC(C)(C)[Si](C)(C)O[C@H]1CC[C@@](C)(O)[C@H]2C[C@@H](O)CC[C@]12C. The van der Waals surface area contributed by atoms with Gasteiger partial charge < -0.3 is 14.6 Å². The second kappa shape index (κ2) is 5.57. The smallest absolute Gasteiger partial charge is 0.192 e. The van der Waals surface area contributed by atoms with E-state index in [1.54, 1.807) is 0 Å². The lowest BCUT2D eigenvalue weighted by Gasteiger charge is -2.58. The molecule has 0 aliphatic heterocycles. The normalized spacial score (nSPS) is 43.8. The highest BCUT2D eigenvalue weighted by Crippen LogP contribution is 2.56. The van der Waals surface area contributed by atoms with Crippen molar-refractivity contribution < 1.29 is 14.6 Å². The molecule has 4 heteroatoms. The highest BCUT2D eigenvalue weighted by Gasteiger charge is 2.57. The molecule has 0 unspecified atom stereocenters. The molecular weight excluding hydrogens is 292 g/mol. The van der Waals surface area contributed by atoms with E-state index in [0.29, 0.717) is 6.42 Å². The van der Waals surface area contributed by atoms with E-state index in [-0.39, 0.29) is 28.6 Å². The molecule has 0 aromatic carbocycles. The van der Waals surface area contributed by atoms with E-state index in [9.17, 15) is 10.2 Å². The van der Waals surface area contributed by atoms with Crippen LogP contribution in [0.15, 0.2) is 0 Å². The third-order valence-electron chi connectivity index (χ3n) is 6.96. The fraction of sp³-hybridized carbons (Fsp3) is 1.00. The Balaban J connectivity index is 2.27. The molecule has 2 fully saturated rings. The van der Waals surface area contributed by atoms with Crippen LogP contribution in [-0.4, -0.2) is 36.3 Å². The van der Waals surface area contributed by atoms with E-state index in [1.165, 1.54) is 0 Å². The first kappa shape index (κ1) is 18.4. The van der Waals surface area contributed by atoms with E-state index in [0.717, 1.165) is 25.7 Å². The Morgan fingerprint density at radius 1 is 1.09 bits per heavy atom. The summed E-state index contributed by atoms with van der Waals surface area (Å²) < 4.78 is 6.79. The molecule has 0 radical (unpaired) electrons. The average molecular weight is 329 g/mol. The lowest BCUT2D eigenvalue weighted by Crippen LogP contribution is -2.61. The summed E-state index contributed by atoms with van der Waals surface area (Å²) in [4.78, 5) is 0. The number of hydrogen-bond acceptors (Lipinski definition) is 3. The summed E-state index contributed by atoms with van der Waals surface area (Å²) in [6, 6.07) is 0. The molecule has 2 rings (SSSR count). The minimum absolute atomic E-state index is 0.0174. The van der Waals surface area contributed by atoms with Gasteiger partial charge in [0.2, 0.25) is 0 Å². The molecule has 3 nitrogen and oxygen atoms in total. The van der Waals surface area contributed by atoms with Crippen LogP contribution >= 0.6 is 0 Å². The number of aliphatic hydroxyl groups excluding tert-OH is 1. The standard InChI is InChI=1S/C18H36O3Si/c1-16(2,3)22(6,7)21-15-9-11-18(5,20)14-12-13(19)8-10-17(14,15)4/h13-15,19-20H,8-12H2,1-7H3/t13-,14-,15-,17-,18+/m0/s1. The van der Waals surface area contributed by atoms with Gasteiger partial charge in [0, 0.05) is 0 Å². The van der Waals surface area contributed by atoms with Crippen LogP contribution in [-0.2, 0) is 4.43 Å². The first-order valence-corrected chi connectivity index (χ1v) is 11.8. The van der Waals surface area contributed by atoms with Crippen molar-refractivity contribution in [2.45, 2.75) is 103 Å². The molecule has 130 valence electrons. The lowest BCUT2D eigenvalue weighted by molar-refractivity contribution is -0.177. The maximum atomic E-state index is 10.9. The van der Waals surface area contributed by atoms with Crippen molar-refractivity contribution in [1.82, 2.24) is 0 Å². The van der Waals surface area contributed by atoms with Crippen LogP contribution in [0.4, 0.5) is 0 Å². The monoisotopic (exact) mass is 328 g/mol. The molecule has 0 amide bonds. The van der Waals surface area contributed by atoms with Crippen molar-refractivity contribution in [2.75, 3.05) is 0 Å². The molecular formula is C18H36O3Si. The predicted molar refractivity (Wildman–Crippen MR) is 93.4 cm³/mol. The van der Waals surface area contributed by atoms with Crippen molar-refractivity contribution in [3.05, 3.63) is 0 Å². The van der Waals surface area contributed by atoms with E-state index in [2.05, 4.69) is 40.8 Å². The van der Waals surface area contributed by atoms with Gasteiger partial charge in [-0.1, -0.05) is 27.7 Å².